The molecule has 4 rings (SSSR count). The fourth-order valence-corrected chi connectivity index (χ4v) is 3.91. The van der Waals surface area contributed by atoms with Crippen LogP contribution in [0.3, 0.4) is 0 Å². The van der Waals surface area contributed by atoms with Gasteiger partial charge in [0.15, 0.2) is 5.82 Å². The van der Waals surface area contributed by atoms with Crippen LogP contribution < -0.4 is 10.6 Å². The van der Waals surface area contributed by atoms with Crippen molar-refractivity contribution in [2.24, 2.45) is 5.73 Å². The molecule has 1 atom stereocenters. The molecule has 1 unspecified atom stereocenters. The van der Waals surface area contributed by atoms with Crippen molar-refractivity contribution in [2.45, 2.75) is 12.8 Å². The average molecular weight is 471 g/mol. The highest BCUT2D eigenvalue weighted by molar-refractivity contribution is 6.06. The van der Waals surface area contributed by atoms with Gasteiger partial charge in [-0.2, -0.15) is 5.26 Å². The predicted molar refractivity (Wildman–Crippen MR) is 123 cm³/mol. The van der Waals surface area contributed by atoms with E-state index in [-0.39, 0.29) is 22.7 Å². The second-order valence-electron chi connectivity index (χ2n) is 7.48. The number of esters is 2. The highest BCUT2D eigenvalue weighted by atomic mass is 16.5. The molecule has 2 heterocycles. The Balaban J connectivity index is 1.95. The van der Waals surface area contributed by atoms with E-state index in [4.69, 9.17) is 15.2 Å². The molecule has 0 saturated carbocycles. The fraction of sp³-hybridized carbons (Fsp3) is 0.167. The van der Waals surface area contributed by atoms with Gasteiger partial charge in [-0.3, -0.25) is 4.90 Å². The molecule has 2 N–H and O–H groups in total. The molecule has 0 aliphatic carbocycles. The molecule has 0 spiro atoms. The van der Waals surface area contributed by atoms with E-state index in [0.717, 1.165) is 0 Å². The van der Waals surface area contributed by atoms with Gasteiger partial charge in [-0.05, 0) is 42.0 Å². The summed E-state index contributed by atoms with van der Waals surface area (Å²) in [5.74, 6) is -2.05. The van der Waals surface area contributed by atoms with Crippen LogP contribution in [-0.2, 0) is 19.1 Å². The minimum Gasteiger partial charge on any atom is -0.466 e. The van der Waals surface area contributed by atoms with Crippen LogP contribution in [0.2, 0.25) is 0 Å². The molecule has 11 heteroatoms. The number of rotatable bonds is 5. The Hall–Kier alpha value is -4.98. The molecule has 0 radical (unpaired) electrons. The lowest BCUT2D eigenvalue weighted by molar-refractivity contribution is -0.139. The molecule has 176 valence electrons. The van der Waals surface area contributed by atoms with Gasteiger partial charge in [0.2, 0.25) is 0 Å². The van der Waals surface area contributed by atoms with Crippen LogP contribution >= 0.6 is 0 Å². The second kappa shape index (κ2) is 9.48. The van der Waals surface area contributed by atoms with E-state index < -0.39 is 17.9 Å². The number of hydrogen-bond acceptors (Lipinski definition) is 10. The molecule has 3 aromatic rings. The molecular formula is C24H21N7O4. The highest BCUT2D eigenvalue weighted by Crippen LogP contribution is 2.43. The van der Waals surface area contributed by atoms with Gasteiger partial charge in [0.1, 0.15) is 11.5 Å². The van der Waals surface area contributed by atoms with Crippen molar-refractivity contribution in [1.82, 2.24) is 20.2 Å². The van der Waals surface area contributed by atoms with E-state index in [1.54, 1.807) is 61.5 Å². The Bertz CT molecular complexity index is 1390. The van der Waals surface area contributed by atoms with E-state index in [9.17, 15) is 14.9 Å². The molecule has 35 heavy (non-hydrogen) atoms. The monoisotopic (exact) mass is 471 g/mol. The number of nitriles is 1. The van der Waals surface area contributed by atoms with Gasteiger partial charge in [-0.15, -0.1) is 15.0 Å². The number of carbonyl (C=O) groups excluding carboxylic acids is 2. The molecule has 1 aliphatic rings. The van der Waals surface area contributed by atoms with Gasteiger partial charge >= 0.3 is 11.9 Å². The number of nitrogens with zero attached hydrogens (tertiary/aromatic N) is 6. The summed E-state index contributed by atoms with van der Waals surface area (Å²) in [6.45, 7) is 1.71. The highest BCUT2D eigenvalue weighted by Gasteiger charge is 2.42. The number of carbonyl (C=O) groups is 2. The van der Waals surface area contributed by atoms with Crippen molar-refractivity contribution in [2.75, 3.05) is 19.1 Å². The standard InChI is InChI=1S/C24H21N7O4/c1-14-27-29-31(28-14)17-11-9-16(10-12-17)30-21(24(33)35-3)20(23(32)34-2)19(18(13-25)22(30)26)15-7-5-4-6-8-15/h4-12,19H,26H2,1-3H3. The normalized spacial score (nSPS) is 15.6. The molecule has 0 fully saturated rings. The van der Waals surface area contributed by atoms with Crippen LogP contribution in [0.25, 0.3) is 5.69 Å². The summed E-state index contributed by atoms with van der Waals surface area (Å²) < 4.78 is 10.1. The number of aryl methyl sites for hydroxylation is 1. The Kier molecular flexibility index (Phi) is 6.28. The predicted octanol–water partition coefficient (Wildman–Crippen LogP) is 1.87. The van der Waals surface area contributed by atoms with Crippen molar-refractivity contribution < 1.29 is 19.1 Å². The Morgan fingerprint density at radius 1 is 1.00 bits per heavy atom. The van der Waals surface area contributed by atoms with Crippen molar-refractivity contribution in [3.8, 4) is 11.8 Å². The lowest BCUT2D eigenvalue weighted by Gasteiger charge is -2.35. The number of hydrogen-bond donors (Lipinski definition) is 1. The zero-order chi connectivity index (χ0) is 25.1. The van der Waals surface area contributed by atoms with Gasteiger partial charge in [-0.25, -0.2) is 9.59 Å². The lowest BCUT2D eigenvalue weighted by Crippen LogP contribution is -2.40. The zero-order valence-electron chi connectivity index (χ0n) is 19.2. The number of anilines is 1. The first-order valence-corrected chi connectivity index (χ1v) is 10.4. The van der Waals surface area contributed by atoms with E-state index in [0.29, 0.717) is 22.8 Å². The van der Waals surface area contributed by atoms with Crippen LogP contribution in [-0.4, -0.2) is 46.4 Å². The molecular weight excluding hydrogens is 450 g/mol. The van der Waals surface area contributed by atoms with Crippen molar-refractivity contribution >= 4 is 17.6 Å². The van der Waals surface area contributed by atoms with Gasteiger partial charge < -0.3 is 15.2 Å². The molecule has 11 nitrogen and oxygen atoms in total. The number of aromatic nitrogens is 4. The van der Waals surface area contributed by atoms with E-state index >= 15 is 0 Å². The van der Waals surface area contributed by atoms with Gasteiger partial charge in [0.05, 0.1) is 43.0 Å². The smallest absolute Gasteiger partial charge is 0.355 e. The first kappa shape index (κ1) is 23.2. The van der Waals surface area contributed by atoms with Crippen molar-refractivity contribution in [3.63, 3.8) is 0 Å². The maximum absolute atomic E-state index is 13.1. The summed E-state index contributed by atoms with van der Waals surface area (Å²) in [6.07, 6.45) is 0. The summed E-state index contributed by atoms with van der Waals surface area (Å²) in [5, 5.41) is 22.0. The third kappa shape index (κ3) is 4.08. The van der Waals surface area contributed by atoms with Crippen molar-refractivity contribution in [3.05, 3.63) is 88.6 Å². The van der Waals surface area contributed by atoms with Crippen LogP contribution in [0, 0.1) is 18.3 Å². The first-order chi connectivity index (χ1) is 16.9. The number of ether oxygens (including phenoxy) is 2. The SMILES string of the molecule is COC(=O)C1=C(C(=O)OC)N(c2ccc(-n3nnc(C)n3)cc2)C(N)=C(C#N)C1c1ccccc1. The van der Waals surface area contributed by atoms with E-state index in [1.807, 2.05) is 0 Å². The van der Waals surface area contributed by atoms with Crippen LogP contribution in [0.4, 0.5) is 5.69 Å². The topological polar surface area (TPSA) is 149 Å². The van der Waals surface area contributed by atoms with Gasteiger partial charge in [0.25, 0.3) is 0 Å². The molecule has 0 amide bonds. The molecule has 1 aromatic heterocycles. The average Bonchev–Trinajstić information content (AvgIpc) is 3.33. The lowest BCUT2D eigenvalue weighted by atomic mass is 9.81. The minimum atomic E-state index is -0.930. The van der Waals surface area contributed by atoms with Gasteiger partial charge in [0, 0.05) is 5.69 Å². The summed E-state index contributed by atoms with van der Waals surface area (Å²) in [5.41, 5.74) is 7.97. The summed E-state index contributed by atoms with van der Waals surface area (Å²) in [7, 11) is 2.40. The summed E-state index contributed by atoms with van der Waals surface area (Å²) in [4.78, 5) is 28.8. The maximum Gasteiger partial charge on any atom is 0.355 e. The number of allylic oxidation sites excluding steroid dienone is 1. The Morgan fingerprint density at radius 2 is 1.63 bits per heavy atom. The van der Waals surface area contributed by atoms with Crippen molar-refractivity contribution in [1.29, 1.82) is 5.26 Å². The largest absolute Gasteiger partial charge is 0.466 e. The Morgan fingerprint density at radius 3 is 2.17 bits per heavy atom. The number of methoxy groups -OCH3 is 2. The maximum atomic E-state index is 13.1. The molecule has 0 saturated heterocycles. The minimum absolute atomic E-state index is 0.0168. The molecule has 1 aliphatic heterocycles. The van der Waals surface area contributed by atoms with E-state index in [2.05, 4.69) is 21.5 Å². The fourth-order valence-electron chi connectivity index (χ4n) is 3.91. The number of benzene rings is 2. The Labute approximate surface area is 200 Å². The van der Waals surface area contributed by atoms with Crippen LogP contribution in [0.15, 0.2) is 77.3 Å². The van der Waals surface area contributed by atoms with E-state index in [1.165, 1.54) is 23.9 Å². The number of nitrogens with two attached hydrogens (primary N) is 1. The van der Waals surface area contributed by atoms with Crippen LogP contribution in [0.5, 0.6) is 0 Å². The zero-order valence-corrected chi connectivity index (χ0v) is 19.2. The quantitative estimate of drug-likeness (QED) is 0.546. The first-order valence-electron chi connectivity index (χ1n) is 10.4. The second-order valence-corrected chi connectivity index (χ2v) is 7.48. The third-order valence-electron chi connectivity index (χ3n) is 5.46. The number of tetrazole rings is 1. The summed E-state index contributed by atoms with van der Waals surface area (Å²) in [6, 6.07) is 17.6. The van der Waals surface area contributed by atoms with Crippen LogP contribution in [0.1, 0.15) is 17.3 Å². The third-order valence-corrected chi connectivity index (χ3v) is 5.46. The van der Waals surface area contributed by atoms with Gasteiger partial charge in [-0.1, -0.05) is 30.3 Å². The summed E-state index contributed by atoms with van der Waals surface area (Å²) >= 11 is 0. The molecule has 2 aromatic carbocycles. The molecule has 0 bridgehead atoms.